The van der Waals surface area contributed by atoms with Crippen molar-refractivity contribution in [3.8, 4) is 17.2 Å². The molecule has 0 radical (unpaired) electrons. The van der Waals surface area contributed by atoms with Crippen molar-refractivity contribution >= 4 is 33.2 Å². The number of nitrogens with one attached hydrogen (secondary N) is 1. The van der Waals surface area contributed by atoms with Crippen LogP contribution in [0.25, 0.3) is 0 Å². The quantitative estimate of drug-likeness (QED) is 0.450. The van der Waals surface area contributed by atoms with Crippen molar-refractivity contribution in [3.05, 3.63) is 71.5 Å². The molecule has 0 saturated carbocycles. The average molecular weight is 506 g/mol. The Kier molecular flexibility index (Phi) is 8.19. The predicted molar refractivity (Wildman–Crippen MR) is 128 cm³/mol. The van der Waals surface area contributed by atoms with Gasteiger partial charge in [-0.3, -0.25) is 14.1 Å². The van der Waals surface area contributed by atoms with Crippen molar-refractivity contribution in [1.82, 2.24) is 10.3 Å². The van der Waals surface area contributed by atoms with Crippen LogP contribution in [0.4, 0.5) is 5.69 Å². The molecule has 0 atom stereocenters. The molecule has 0 aliphatic rings. The van der Waals surface area contributed by atoms with Gasteiger partial charge in [0.25, 0.3) is 10.0 Å². The molecular formula is C23H24ClN3O6S. The minimum absolute atomic E-state index is 0.104. The standard InChI is InChI=1S/C23H24ClN3O6S/c1-31-20-8-6-17(24)11-19(20)27(15-23(28)26-14-16-5-4-10-25-13-16)34(29,30)18-7-9-21(32-2)22(12-18)33-3/h4-13H,14-15H2,1-3H3,(H,26,28). The number of hydrogen-bond acceptors (Lipinski definition) is 7. The maximum Gasteiger partial charge on any atom is 0.265 e. The lowest BCUT2D eigenvalue weighted by Gasteiger charge is -2.26. The molecule has 0 saturated heterocycles. The molecule has 3 aromatic rings. The number of benzene rings is 2. The van der Waals surface area contributed by atoms with Gasteiger partial charge in [0.05, 0.1) is 31.9 Å². The molecule has 34 heavy (non-hydrogen) atoms. The van der Waals surface area contributed by atoms with E-state index in [1.165, 1.54) is 51.7 Å². The second kappa shape index (κ2) is 11.1. The van der Waals surface area contributed by atoms with E-state index in [0.717, 1.165) is 9.87 Å². The van der Waals surface area contributed by atoms with Gasteiger partial charge in [-0.1, -0.05) is 17.7 Å². The highest BCUT2D eigenvalue weighted by atomic mass is 35.5. The van der Waals surface area contributed by atoms with Crippen LogP contribution < -0.4 is 23.8 Å². The molecule has 0 spiro atoms. The van der Waals surface area contributed by atoms with Gasteiger partial charge in [0.2, 0.25) is 5.91 Å². The molecule has 1 aromatic heterocycles. The van der Waals surface area contributed by atoms with Crippen LogP contribution in [0.3, 0.4) is 0 Å². The largest absolute Gasteiger partial charge is 0.495 e. The van der Waals surface area contributed by atoms with Crippen molar-refractivity contribution in [1.29, 1.82) is 0 Å². The molecule has 0 aliphatic carbocycles. The van der Waals surface area contributed by atoms with Crippen LogP contribution in [0.5, 0.6) is 17.2 Å². The Labute approximate surface area is 203 Å². The summed E-state index contributed by atoms with van der Waals surface area (Å²) in [6.45, 7) is -0.336. The Hall–Kier alpha value is -3.50. The van der Waals surface area contributed by atoms with Crippen molar-refractivity contribution < 1.29 is 27.4 Å². The fourth-order valence-corrected chi connectivity index (χ4v) is 4.76. The lowest BCUT2D eigenvalue weighted by Crippen LogP contribution is -2.41. The first-order valence-corrected chi connectivity index (χ1v) is 11.9. The Morgan fingerprint density at radius 1 is 1.00 bits per heavy atom. The fourth-order valence-electron chi connectivity index (χ4n) is 3.15. The Morgan fingerprint density at radius 3 is 2.35 bits per heavy atom. The first kappa shape index (κ1) is 25.1. The van der Waals surface area contributed by atoms with Crippen LogP contribution in [-0.4, -0.2) is 47.2 Å². The minimum Gasteiger partial charge on any atom is -0.495 e. The number of rotatable bonds is 10. The monoisotopic (exact) mass is 505 g/mol. The summed E-state index contributed by atoms with van der Waals surface area (Å²) >= 11 is 6.16. The number of amides is 1. The van der Waals surface area contributed by atoms with Gasteiger partial charge in [0.1, 0.15) is 12.3 Å². The predicted octanol–water partition coefficient (Wildman–Crippen LogP) is 3.27. The highest BCUT2D eigenvalue weighted by Crippen LogP contribution is 2.36. The number of anilines is 1. The van der Waals surface area contributed by atoms with Gasteiger partial charge in [-0.2, -0.15) is 0 Å². The summed E-state index contributed by atoms with van der Waals surface area (Å²) in [6.07, 6.45) is 3.23. The maximum atomic E-state index is 13.7. The zero-order chi connectivity index (χ0) is 24.7. The molecule has 0 bridgehead atoms. The van der Waals surface area contributed by atoms with E-state index < -0.39 is 22.5 Å². The van der Waals surface area contributed by atoms with Crippen LogP contribution in [0.1, 0.15) is 5.56 Å². The molecule has 0 aliphatic heterocycles. The maximum absolute atomic E-state index is 13.7. The number of pyridine rings is 1. The molecular weight excluding hydrogens is 482 g/mol. The number of halogens is 1. The number of sulfonamides is 1. The number of hydrogen-bond donors (Lipinski definition) is 1. The third kappa shape index (κ3) is 5.70. The van der Waals surface area contributed by atoms with E-state index in [1.807, 2.05) is 0 Å². The van der Waals surface area contributed by atoms with Gasteiger partial charge in [-0.25, -0.2) is 8.42 Å². The first-order chi connectivity index (χ1) is 16.3. The van der Waals surface area contributed by atoms with Gasteiger partial charge < -0.3 is 19.5 Å². The van der Waals surface area contributed by atoms with Crippen molar-refractivity contribution in [2.24, 2.45) is 0 Å². The van der Waals surface area contributed by atoms with E-state index in [4.69, 9.17) is 25.8 Å². The van der Waals surface area contributed by atoms with E-state index >= 15 is 0 Å². The summed E-state index contributed by atoms with van der Waals surface area (Å²) in [6, 6.07) is 12.2. The zero-order valence-electron chi connectivity index (χ0n) is 18.8. The van der Waals surface area contributed by atoms with E-state index in [0.29, 0.717) is 5.75 Å². The zero-order valence-corrected chi connectivity index (χ0v) is 20.4. The fraction of sp³-hybridized carbons (Fsp3) is 0.217. The molecule has 11 heteroatoms. The number of aromatic nitrogens is 1. The Balaban J connectivity index is 2.01. The van der Waals surface area contributed by atoms with Gasteiger partial charge in [-0.05, 0) is 42.0 Å². The van der Waals surface area contributed by atoms with Crippen molar-refractivity contribution in [2.45, 2.75) is 11.4 Å². The highest BCUT2D eigenvalue weighted by molar-refractivity contribution is 7.92. The normalized spacial score (nSPS) is 10.9. The second-order valence-electron chi connectivity index (χ2n) is 6.98. The Bertz CT molecular complexity index is 1250. The van der Waals surface area contributed by atoms with Crippen LogP contribution in [0, 0.1) is 0 Å². The van der Waals surface area contributed by atoms with Gasteiger partial charge >= 0.3 is 0 Å². The van der Waals surface area contributed by atoms with E-state index in [2.05, 4.69) is 10.3 Å². The molecule has 0 fully saturated rings. The Morgan fingerprint density at radius 2 is 1.71 bits per heavy atom. The molecule has 180 valence electrons. The number of carbonyl (C=O) groups excluding carboxylic acids is 1. The van der Waals surface area contributed by atoms with Crippen LogP contribution in [0.15, 0.2) is 65.8 Å². The highest BCUT2D eigenvalue weighted by Gasteiger charge is 2.30. The van der Waals surface area contributed by atoms with E-state index in [9.17, 15) is 13.2 Å². The van der Waals surface area contributed by atoms with Crippen molar-refractivity contribution in [2.75, 3.05) is 32.2 Å². The van der Waals surface area contributed by atoms with Crippen molar-refractivity contribution in [3.63, 3.8) is 0 Å². The third-order valence-electron chi connectivity index (χ3n) is 4.85. The van der Waals surface area contributed by atoms with Gasteiger partial charge in [-0.15, -0.1) is 0 Å². The summed E-state index contributed by atoms with van der Waals surface area (Å²) in [5.41, 5.74) is 0.881. The topological polar surface area (TPSA) is 107 Å². The molecule has 1 N–H and O–H groups in total. The summed E-state index contributed by atoms with van der Waals surface area (Å²) in [4.78, 5) is 16.7. The number of methoxy groups -OCH3 is 3. The molecule has 0 unspecified atom stereocenters. The molecule has 1 amide bonds. The third-order valence-corrected chi connectivity index (χ3v) is 6.84. The summed E-state index contributed by atoms with van der Waals surface area (Å²) < 4.78 is 44.2. The average Bonchev–Trinajstić information content (AvgIpc) is 2.86. The molecule has 9 nitrogen and oxygen atoms in total. The molecule has 2 aromatic carbocycles. The van der Waals surface area contributed by atoms with E-state index in [1.54, 1.807) is 30.6 Å². The summed E-state index contributed by atoms with van der Waals surface area (Å²) in [7, 11) is -0.00699. The summed E-state index contributed by atoms with van der Waals surface area (Å²) in [5.74, 6) is 0.286. The number of ether oxygens (including phenoxy) is 3. The molecule has 1 heterocycles. The minimum atomic E-state index is -4.25. The second-order valence-corrected chi connectivity index (χ2v) is 9.28. The summed E-state index contributed by atoms with van der Waals surface area (Å²) in [5, 5.41) is 2.99. The van der Waals surface area contributed by atoms with Crippen LogP contribution >= 0.6 is 11.6 Å². The SMILES string of the molecule is COc1ccc(S(=O)(=O)N(CC(=O)NCc2cccnc2)c2cc(Cl)ccc2OC)cc1OC. The lowest BCUT2D eigenvalue weighted by atomic mass is 10.3. The van der Waals surface area contributed by atoms with Crippen LogP contribution in [0.2, 0.25) is 5.02 Å². The number of carbonyl (C=O) groups is 1. The number of nitrogens with zero attached hydrogens (tertiary/aromatic N) is 2. The first-order valence-electron chi connectivity index (χ1n) is 10.0. The van der Waals surface area contributed by atoms with Gasteiger partial charge in [0, 0.05) is 30.0 Å². The van der Waals surface area contributed by atoms with Crippen LogP contribution in [-0.2, 0) is 21.4 Å². The smallest absolute Gasteiger partial charge is 0.265 e. The lowest BCUT2D eigenvalue weighted by molar-refractivity contribution is -0.119. The van der Waals surface area contributed by atoms with E-state index in [-0.39, 0.29) is 33.6 Å². The van der Waals surface area contributed by atoms with Gasteiger partial charge in [0.15, 0.2) is 11.5 Å². The molecule has 3 rings (SSSR count).